The summed E-state index contributed by atoms with van der Waals surface area (Å²) in [5, 5.41) is 0. The van der Waals surface area contributed by atoms with Crippen molar-refractivity contribution in [3.63, 3.8) is 0 Å². The Hall–Kier alpha value is -2.73. The normalized spacial score (nSPS) is 11.5. The Balaban J connectivity index is 0.00000243. The molecule has 1 unspecified atom stereocenters. The van der Waals surface area contributed by atoms with E-state index in [-0.39, 0.29) is 25.0 Å². The van der Waals surface area contributed by atoms with E-state index in [4.69, 9.17) is 14.2 Å². The summed E-state index contributed by atoms with van der Waals surface area (Å²) in [5.74, 6) is 1.11. The molecule has 0 spiro atoms. The second kappa shape index (κ2) is 9.10. The van der Waals surface area contributed by atoms with Crippen LogP contribution in [0.3, 0.4) is 0 Å². The van der Waals surface area contributed by atoms with E-state index in [9.17, 15) is 4.79 Å². The Morgan fingerprint density at radius 1 is 1.12 bits per heavy atom. The number of para-hydroxylation sites is 2. The maximum Gasteiger partial charge on any atom is 0.303 e. The lowest BCUT2D eigenvalue weighted by Gasteiger charge is -2.19. The summed E-state index contributed by atoms with van der Waals surface area (Å²) in [6.45, 7) is 2.11. The molecule has 0 amide bonds. The molecule has 0 aliphatic heterocycles. The summed E-state index contributed by atoms with van der Waals surface area (Å²) in [5.41, 5.74) is 1.89. The van der Waals surface area contributed by atoms with E-state index in [1.807, 2.05) is 53.1 Å². The summed E-state index contributed by atoms with van der Waals surface area (Å²) in [7, 11) is 1.61. The number of carbonyl (C=O) groups is 1. The molecule has 3 aromatic rings. The van der Waals surface area contributed by atoms with Crippen molar-refractivity contribution in [3.05, 3.63) is 54.9 Å². The van der Waals surface area contributed by atoms with Crippen molar-refractivity contribution in [2.75, 3.05) is 13.7 Å². The van der Waals surface area contributed by atoms with Gasteiger partial charge in [-0.25, -0.2) is 4.98 Å². The van der Waals surface area contributed by atoms with Crippen molar-refractivity contribution < 1.29 is 31.4 Å². The number of nitrogens with zero attached hydrogens (tertiary/aromatic N) is 2. The molecule has 0 N–H and O–H groups in total. The number of halogens is 1. The first-order chi connectivity index (χ1) is 12.2. The van der Waals surface area contributed by atoms with Crippen molar-refractivity contribution in [3.8, 4) is 11.5 Å². The number of rotatable bonds is 7. The van der Waals surface area contributed by atoms with E-state index >= 15 is 0 Å². The number of aromatic nitrogens is 2. The number of ether oxygens (including phenoxy) is 3. The number of fused-ring (bicyclic) bond motifs is 1. The quantitative estimate of drug-likeness (QED) is 0.546. The Kier molecular flexibility index (Phi) is 6.86. The van der Waals surface area contributed by atoms with E-state index in [2.05, 4.69) is 4.98 Å². The number of esters is 1. The van der Waals surface area contributed by atoms with Crippen LogP contribution in [-0.2, 0) is 16.1 Å². The molecule has 3 rings (SSSR count). The summed E-state index contributed by atoms with van der Waals surface area (Å²) in [6.07, 6.45) is 1.33. The highest BCUT2D eigenvalue weighted by Gasteiger charge is 2.16. The van der Waals surface area contributed by atoms with Crippen LogP contribution in [0.25, 0.3) is 11.0 Å². The lowest BCUT2D eigenvalue weighted by atomic mass is 10.3. The Morgan fingerprint density at radius 3 is 2.50 bits per heavy atom. The smallest absolute Gasteiger partial charge is 0.303 e. The zero-order valence-corrected chi connectivity index (χ0v) is 15.3. The lowest BCUT2D eigenvalue weighted by molar-refractivity contribution is -0.148. The van der Waals surface area contributed by atoms with E-state index in [1.54, 1.807) is 13.4 Å². The highest BCUT2D eigenvalue weighted by Crippen LogP contribution is 2.18. The summed E-state index contributed by atoms with van der Waals surface area (Å²) < 4.78 is 18.2. The zero-order chi connectivity index (χ0) is 17.6. The topological polar surface area (TPSA) is 62.6 Å². The van der Waals surface area contributed by atoms with Crippen LogP contribution in [0.1, 0.15) is 6.92 Å². The fraction of sp³-hybridized carbons (Fsp3) is 0.263. The van der Waals surface area contributed by atoms with Crippen molar-refractivity contribution in [1.29, 1.82) is 0 Å². The van der Waals surface area contributed by atoms with E-state index in [0.29, 0.717) is 12.3 Å². The van der Waals surface area contributed by atoms with E-state index < -0.39 is 6.10 Å². The molecule has 1 heterocycles. The van der Waals surface area contributed by atoms with Gasteiger partial charge in [0.1, 0.15) is 18.1 Å². The molecule has 2 aromatic carbocycles. The minimum Gasteiger partial charge on any atom is -1.00 e. The van der Waals surface area contributed by atoms with Crippen LogP contribution in [-0.4, -0.2) is 35.3 Å². The Morgan fingerprint density at radius 2 is 1.81 bits per heavy atom. The number of methoxy groups -OCH3 is 1. The van der Waals surface area contributed by atoms with E-state index in [1.165, 1.54) is 6.92 Å². The van der Waals surface area contributed by atoms with Gasteiger partial charge >= 0.3 is 5.97 Å². The maximum absolute atomic E-state index is 11.4. The first-order valence-corrected chi connectivity index (χ1v) is 7.99. The van der Waals surface area contributed by atoms with Gasteiger partial charge in [-0.3, -0.25) is 4.79 Å². The molecule has 0 aliphatic rings. The van der Waals surface area contributed by atoms with Gasteiger partial charge in [0.15, 0.2) is 6.10 Å². The molecule has 1 atom stereocenters. The maximum atomic E-state index is 11.4. The van der Waals surface area contributed by atoms with Crippen LogP contribution < -0.4 is 21.9 Å². The average Bonchev–Trinajstić information content (AvgIpc) is 3.03. The summed E-state index contributed by atoms with van der Waals surface area (Å²) >= 11 is 0. The number of imidazole rings is 1. The van der Waals surface area contributed by atoms with Gasteiger partial charge in [0.2, 0.25) is 0 Å². The van der Waals surface area contributed by atoms with Gasteiger partial charge < -0.3 is 31.2 Å². The van der Waals surface area contributed by atoms with Gasteiger partial charge in [-0.1, -0.05) is 12.1 Å². The molecule has 0 fully saturated rings. The molecule has 0 saturated carbocycles. The molecule has 7 heteroatoms. The molecule has 1 aromatic heterocycles. The minimum absolute atomic E-state index is 0. The molecule has 0 saturated heterocycles. The second-order valence-electron chi connectivity index (χ2n) is 5.60. The summed E-state index contributed by atoms with van der Waals surface area (Å²) in [6, 6.07) is 15.1. The lowest BCUT2D eigenvalue weighted by Crippen LogP contribution is -3.00. The van der Waals surface area contributed by atoms with Gasteiger partial charge in [0, 0.05) is 6.92 Å². The molecular weight excluding hydrogens is 356 g/mol. The molecule has 0 aliphatic carbocycles. The highest BCUT2D eigenvalue weighted by atomic mass is 35.5. The molecular formula is C19H20ClN2O4-. The van der Waals surface area contributed by atoms with Crippen molar-refractivity contribution >= 4 is 17.0 Å². The third-order valence-corrected chi connectivity index (χ3v) is 3.76. The number of carbonyl (C=O) groups excluding carboxylic acids is 1. The third kappa shape index (κ3) is 4.89. The van der Waals surface area contributed by atoms with Crippen LogP contribution in [0.5, 0.6) is 11.5 Å². The molecule has 0 bridgehead atoms. The number of hydrogen-bond donors (Lipinski definition) is 0. The van der Waals surface area contributed by atoms with Crippen LogP contribution in [0.2, 0.25) is 0 Å². The monoisotopic (exact) mass is 375 g/mol. The van der Waals surface area contributed by atoms with Crippen molar-refractivity contribution in [1.82, 2.24) is 9.55 Å². The third-order valence-electron chi connectivity index (χ3n) is 3.76. The standard InChI is InChI=1S/C19H20N2O4.ClH/c1-14(22)25-17(12-24-16-9-7-15(23-2)8-10-16)11-21-13-20-18-5-3-4-6-19(18)21;/h3-10,13,17H,11-12H2,1-2H3;1H/p-1. The molecule has 6 nitrogen and oxygen atoms in total. The van der Waals surface area contributed by atoms with Gasteiger partial charge in [-0.05, 0) is 36.4 Å². The van der Waals surface area contributed by atoms with Crippen LogP contribution in [0.15, 0.2) is 54.9 Å². The van der Waals surface area contributed by atoms with Crippen LogP contribution in [0.4, 0.5) is 0 Å². The largest absolute Gasteiger partial charge is 1.00 e. The molecule has 26 heavy (non-hydrogen) atoms. The number of hydrogen-bond acceptors (Lipinski definition) is 5. The van der Waals surface area contributed by atoms with Crippen molar-refractivity contribution in [2.24, 2.45) is 0 Å². The predicted molar refractivity (Wildman–Crippen MR) is 93.8 cm³/mol. The fourth-order valence-corrected chi connectivity index (χ4v) is 2.59. The molecule has 0 radical (unpaired) electrons. The molecule has 138 valence electrons. The Labute approximate surface area is 158 Å². The van der Waals surface area contributed by atoms with Crippen LogP contribution in [0, 0.1) is 0 Å². The minimum atomic E-state index is -0.419. The van der Waals surface area contributed by atoms with Gasteiger partial charge in [0.05, 0.1) is 31.0 Å². The van der Waals surface area contributed by atoms with Gasteiger partial charge in [0.25, 0.3) is 0 Å². The highest BCUT2D eigenvalue weighted by molar-refractivity contribution is 5.75. The SMILES string of the molecule is COc1ccc(OCC(Cn2cnc3ccccc32)OC(C)=O)cc1.[Cl-]. The average molecular weight is 376 g/mol. The number of benzene rings is 2. The zero-order valence-electron chi connectivity index (χ0n) is 14.6. The predicted octanol–water partition coefficient (Wildman–Crippen LogP) is 0.0596. The van der Waals surface area contributed by atoms with Gasteiger partial charge in [-0.2, -0.15) is 0 Å². The second-order valence-corrected chi connectivity index (χ2v) is 5.60. The summed E-state index contributed by atoms with van der Waals surface area (Å²) in [4.78, 5) is 15.8. The van der Waals surface area contributed by atoms with E-state index in [0.717, 1.165) is 16.8 Å². The van der Waals surface area contributed by atoms with Crippen molar-refractivity contribution in [2.45, 2.75) is 19.6 Å². The Bertz CT molecular complexity index is 848. The van der Waals surface area contributed by atoms with Crippen LogP contribution >= 0.6 is 0 Å². The first-order valence-electron chi connectivity index (χ1n) is 7.99. The first kappa shape index (κ1) is 19.6. The van der Waals surface area contributed by atoms with Gasteiger partial charge in [-0.15, -0.1) is 0 Å². The fourth-order valence-electron chi connectivity index (χ4n) is 2.59.